The zero-order valence-electron chi connectivity index (χ0n) is 6.89. The van der Waals surface area contributed by atoms with Crippen LogP contribution in [0.25, 0.3) is 0 Å². The van der Waals surface area contributed by atoms with Gasteiger partial charge in [0.1, 0.15) is 9.84 Å². The molecule has 5 nitrogen and oxygen atoms in total. The summed E-state index contributed by atoms with van der Waals surface area (Å²) in [5.41, 5.74) is 0. The molecule has 0 aromatic carbocycles. The highest BCUT2D eigenvalue weighted by atomic mass is 32.2. The quantitative estimate of drug-likeness (QED) is 0.613. The molecule has 0 unspecified atom stereocenters. The molecule has 0 atom stereocenters. The Balaban J connectivity index is 2.60. The second kappa shape index (κ2) is 3.45. The van der Waals surface area contributed by atoms with Crippen LogP contribution in [0.4, 0.5) is 0 Å². The minimum absolute atomic E-state index is 0.0727. The molecule has 0 spiro atoms. The molecule has 6 heteroatoms. The van der Waals surface area contributed by atoms with E-state index in [1.807, 2.05) is 0 Å². The summed E-state index contributed by atoms with van der Waals surface area (Å²) in [6.07, 6.45) is 0.293. The molecule has 1 fully saturated rings. The van der Waals surface area contributed by atoms with Gasteiger partial charge in [-0.3, -0.25) is 4.79 Å². The Morgan fingerprint density at radius 2 is 1.62 bits per heavy atom. The zero-order valence-corrected chi connectivity index (χ0v) is 7.71. The minimum Gasteiger partial charge on any atom is -0.475 e. The standard InChI is InChI=1S/C7H10O5S/c8-6(7(9)10)5-1-3-13(11,12)4-2-5/h5H,1-4H2,(H,9,10). The van der Waals surface area contributed by atoms with Crippen molar-refractivity contribution in [1.29, 1.82) is 0 Å². The van der Waals surface area contributed by atoms with Gasteiger partial charge in [-0.2, -0.15) is 0 Å². The summed E-state index contributed by atoms with van der Waals surface area (Å²) in [7, 11) is -3.02. The minimum atomic E-state index is -3.02. The highest BCUT2D eigenvalue weighted by Crippen LogP contribution is 2.19. The van der Waals surface area contributed by atoms with Crippen molar-refractivity contribution in [2.45, 2.75) is 12.8 Å². The van der Waals surface area contributed by atoms with Crippen molar-refractivity contribution in [1.82, 2.24) is 0 Å². The van der Waals surface area contributed by atoms with Gasteiger partial charge in [-0.25, -0.2) is 13.2 Å². The molecule has 13 heavy (non-hydrogen) atoms. The number of carbonyl (C=O) groups is 2. The monoisotopic (exact) mass is 206 g/mol. The summed E-state index contributed by atoms with van der Waals surface area (Å²) in [5, 5.41) is 8.37. The van der Waals surface area contributed by atoms with E-state index in [0.717, 1.165) is 0 Å². The van der Waals surface area contributed by atoms with Gasteiger partial charge in [0.15, 0.2) is 0 Å². The molecular weight excluding hydrogens is 196 g/mol. The van der Waals surface area contributed by atoms with E-state index in [-0.39, 0.29) is 24.3 Å². The molecule has 0 saturated carbocycles. The van der Waals surface area contributed by atoms with Gasteiger partial charge in [0, 0.05) is 5.92 Å². The predicted molar refractivity (Wildman–Crippen MR) is 44.0 cm³/mol. The van der Waals surface area contributed by atoms with Crippen LogP contribution in [-0.2, 0) is 19.4 Å². The van der Waals surface area contributed by atoms with Crippen molar-refractivity contribution >= 4 is 21.6 Å². The van der Waals surface area contributed by atoms with Gasteiger partial charge in [-0.15, -0.1) is 0 Å². The first-order chi connectivity index (χ1) is 5.92. The molecule has 74 valence electrons. The number of carboxylic acids is 1. The zero-order chi connectivity index (χ0) is 10.1. The normalized spacial score (nSPS) is 22.5. The number of hydrogen-bond donors (Lipinski definition) is 1. The average Bonchev–Trinajstić information content (AvgIpc) is 2.03. The summed E-state index contributed by atoms with van der Waals surface area (Å²) < 4.78 is 21.9. The van der Waals surface area contributed by atoms with E-state index in [2.05, 4.69) is 0 Å². The Kier molecular flexibility index (Phi) is 2.70. The Bertz CT molecular complexity index is 315. The highest BCUT2D eigenvalue weighted by Gasteiger charge is 2.31. The number of carboxylic acid groups (broad SMARTS) is 1. The molecular formula is C7H10O5S. The number of rotatable bonds is 2. The fourth-order valence-corrected chi connectivity index (χ4v) is 2.82. The summed E-state index contributed by atoms with van der Waals surface area (Å²) in [4.78, 5) is 21.2. The van der Waals surface area contributed by atoms with Crippen molar-refractivity contribution in [3.8, 4) is 0 Å². The maximum absolute atomic E-state index is 10.9. The predicted octanol–water partition coefficient (Wildman–Crippen LogP) is -0.535. The Morgan fingerprint density at radius 3 is 2.00 bits per heavy atom. The SMILES string of the molecule is O=C(O)C(=O)C1CCS(=O)(=O)CC1. The number of ketones is 1. The molecule has 1 aliphatic rings. The summed E-state index contributed by atoms with van der Waals surface area (Å²) in [6, 6.07) is 0. The number of aliphatic carboxylic acids is 1. The fourth-order valence-electron chi connectivity index (χ4n) is 1.33. The van der Waals surface area contributed by atoms with Crippen LogP contribution in [0, 0.1) is 5.92 Å². The third kappa shape index (κ3) is 2.51. The molecule has 1 heterocycles. The van der Waals surface area contributed by atoms with Crippen LogP contribution in [0.15, 0.2) is 0 Å². The van der Waals surface area contributed by atoms with Crippen LogP contribution in [0.5, 0.6) is 0 Å². The fraction of sp³-hybridized carbons (Fsp3) is 0.714. The molecule has 0 radical (unpaired) electrons. The van der Waals surface area contributed by atoms with Crippen molar-refractivity contribution in [3.05, 3.63) is 0 Å². The summed E-state index contributed by atoms with van der Waals surface area (Å²) >= 11 is 0. The first-order valence-corrected chi connectivity index (χ1v) is 5.72. The molecule has 0 aromatic rings. The molecule has 0 amide bonds. The molecule has 0 aliphatic carbocycles. The number of carbonyl (C=O) groups excluding carboxylic acids is 1. The van der Waals surface area contributed by atoms with E-state index in [1.165, 1.54) is 0 Å². The van der Waals surface area contributed by atoms with Crippen molar-refractivity contribution in [2.24, 2.45) is 5.92 Å². The van der Waals surface area contributed by atoms with Crippen molar-refractivity contribution in [2.75, 3.05) is 11.5 Å². The summed E-state index contributed by atoms with van der Waals surface area (Å²) in [6.45, 7) is 0. The van der Waals surface area contributed by atoms with Crippen LogP contribution < -0.4 is 0 Å². The second-order valence-corrected chi connectivity index (χ2v) is 5.40. The lowest BCUT2D eigenvalue weighted by molar-refractivity contribution is -0.151. The van der Waals surface area contributed by atoms with Gasteiger partial charge in [-0.1, -0.05) is 0 Å². The topological polar surface area (TPSA) is 88.5 Å². The van der Waals surface area contributed by atoms with Crippen LogP contribution in [0.1, 0.15) is 12.8 Å². The first kappa shape index (κ1) is 10.2. The lowest BCUT2D eigenvalue weighted by Crippen LogP contribution is -2.32. The third-order valence-corrected chi connectivity index (χ3v) is 3.85. The molecule has 0 aromatic heterocycles. The van der Waals surface area contributed by atoms with E-state index in [9.17, 15) is 18.0 Å². The van der Waals surface area contributed by atoms with Crippen LogP contribution in [0.3, 0.4) is 0 Å². The maximum Gasteiger partial charge on any atom is 0.372 e. The molecule has 1 saturated heterocycles. The van der Waals surface area contributed by atoms with E-state index in [1.54, 1.807) is 0 Å². The number of sulfone groups is 1. The van der Waals surface area contributed by atoms with E-state index in [4.69, 9.17) is 5.11 Å². The molecule has 1 rings (SSSR count). The maximum atomic E-state index is 10.9. The molecule has 1 aliphatic heterocycles. The van der Waals surface area contributed by atoms with Crippen molar-refractivity contribution < 1.29 is 23.1 Å². The van der Waals surface area contributed by atoms with Crippen LogP contribution >= 0.6 is 0 Å². The van der Waals surface area contributed by atoms with Gasteiger partial charge in [0.25, 0.3) is 0 Å². The third-order valence-electron chi connectivity index (χ3n) is 2.14. The Hall–Kier alpha value is -0.910. The Morgan fingerprint density at radius 1 is 1.15 bits per heavy atom. The van der Waals surface area contributed by atoms with Gasteiger partial charge in [-0.05, 0) is 12.8 Å². The number of Topliss-reactive ketones (excluding diaryl/α,β-unsaturated/α-hetero) is 1. The molecule has 1 N–H and O–H groups in total. The van der Waals surface area contributed by atoms with Gasteiger partial charge in [0.05, 0.1) is 11.5 Å². The largest absolute Gasteiger partial charge is 0.475 e. The van der Waals surface area contributed by atoms with Gasteiger partial charge in [0.2, 0.25) is 5.78 Å². The first-order valence-electron chi connectivity index (χ1n) is 3.90. The van der Waals surface area contributed by atoms with Gasteiger partial charge < -0.3 is 5.11 Å². The van der Waals surface area contributed by atoms with Crippen LogP contribution in [0.2, 0.25) is 0 Å². The summed E-state index contributed by atoms with van der Waals surface area (Å²) in [5.74, 6) is -3.09. The lowest BCUT2D eigenvalue weighted by Gasteiger charge is -2.18. The Labute approximate surface area is 75.7 Å². The van der Waals surface area contributed by atoms with Gasteiger partial charge >= 0.3 is 5.97 Å². The number of hydrogen-bond acceptors (Lipinski definition) is 4. The van der Waals surface area contributed by atoms with E-state index in [0.29, 0.717) is 0 Å². The van der Waals surface area contributed by atoms with E-state index >= 15 is 0 Å². The smallest absolute Gasteiger partial charge is 0.372 e. The average molecular weight is 206 g/mol. The van der Waals surface area contributed by atoms with Crippen molar-refractivity contribution in [3.63, 3.8) is 0 Å². The molecule has 0 bridgehead atoms. The van der Waals surface area contributed by atoms with Crippen LogP contribution in [-0.4, -0.2) is 36.8 Å². The second-order valence-electron chi connectivity index (χ2n) is 3.10. The van der Waals surface area contributed by atoms with E-state index < -0.39 is 27.5 Å². The lowest BCUT2D eigenvalue weighted by atomic mass is 9.98. The highest BCUT2D eigenvalue weighted by molar-refractivity contribution is 7.91.